The van der Waals surface area contributed by atoms with E-state index in [1.54, 1.807) is 6.07 Å². The molecule has 0 N–H and O–H groups in total. The zero-order chi connectivity index (χ0) is 8.39. The number of likely N-dealkylation sites (tertiary alicyclic amines) is 1. The highest BCUT2D eigenvalue weighted by Gasteiger charge is 2.15. The molecule has 1 aromatic heterocycles. The predicted molar refractivity (Wildman–Crippen MR) is 44.0 cm³/mol. The van der Waals surface area contributed by atoms with Gasteiger partial charge in [0.15, 0.2) is 12.0 Å². The molecule has 0 aliphatic carbocycles. The summed E-state index contributed by atoms with van der Waals surface area (Å²) in [5.41, 5.74) is 0. The average molecular weight is 165 g/mol. The van der Waals surface area contributed by atoms with Gasteiger partial charge in [0.1, 0.15) is 5.76 Å². The van der Waals surface area contributed by atoms with E-state index >= 15 is 0 Å². The number of carbonyl (C=O) groups excluding carboxylic acids is 1. The molecule has 2 heterocycles. The van der Waals surface area contributed by atoms with Crippen molar-refractivity contribution in [3.8, 4) is 0 Å². The van der Waals surface area contributed by atoms with Gasteiger partial charge in [-0.1, -0.05) is 0 Å². The van der Waals surface area contributed by atoms with E-state index in [4.69, 9.17) is 4.42 Å². The Hall–Kier alpha value is -1.09. The summed E-state index contributed by atoms with van der Waals surface area (Å²) >= 11 is 0. The van der Waals surface area contributed by atoms with Gasteiger partial charge in [0, 0.05) is 0 Å². The molecule has 2 rings (SSSR count). The fourth-order valence-electron chi connectivity index (χ4n) is 1.30. The summed E-state index contributed by atoms with van der Waals surface area (Å²) < 4.78 is 5.23. The highest BCUT2D eigenvalue weighted by Crippen LogP contribution is 2.13. The third kappa shape index (κ3) is 1.41. The normalized spacial score (nSPS) is 17.3. The molecule has 1 saturated heterocycles. The first-order valence-electron chi connectivity index (χ1n) is 4.15. The molecule has 3 nitrogen and oxygen atoms in total. The van der Waals surface area contributed by atoms with E-state index in [0.29, 0.717) is 5.76 Å². The fourth-order valence-corrected chi connectivity index (χ4v) is 1.30. The third-order valence-corrected chi connectivity index (χ3v) is 2.13. The molecule has 3 heteroatoms. The molecule has 0 saturated carbocycles. The molecule has 1 fully saturated rings. The Morgan fingerprint density at radius 1 is 1.50 bits per heavy atom. The van der Waals surface area contributed by atoms with Crippen LogP contribution in [0.2, 0.25) is 0 Å². The Labute approximate surface area is 71.0 Å². The summed E-state index contributed by atoms with van der Waals surface area (Å²) in [7, 11) is 0. The van der Waals surface area contributed by atoms with Gasteiger partial charge in [-0.3, -0.25) is 9.69 Å². The van der Waals surface area contributed by atoms with Crippen LogP contribution in [0.15, 0.2) is 16.5 Å². The predicted octanol–water partition coefficient (Wildman–Crippen LogP) is 1.30. The minimum absolute atomic E-state index is 0.422. The van der Waals surface area contributed by atoms with Gasteiger partial charge in [-0.15, -0.1) is 0 Å². The van der Waals surface area contributed by atoms with Crippen LogP contribution in [-0.4, -0.2) is 24.3 Å². The van der Waals surface area contributed by atoms with Gasteiger partial charge in [0.2, 0.25) is 0 Å². The van der Waals surface area contributed by atoms with E-state index in [-0.39, 0.29) is 0 Å². The molecule has 0 aromatic carbocycles. The number of furan rings is 1. The quantitative estimate of drug-likeness (QED) is 0.633. The molecular formula is C9H11NO2. The Balaban J connectivity index is 1.97. The van der Waals surface area contributed by atoms with Gasteiger partial charge < -0.3 is 4.42 Å². The van der Waals surface area contributed by atoms with Crippen molar-refractivity contribution in [1.29, 1.82) is 0 Å². The van der Waals surface area contributed by atoms with Crippen LogP contribution in [0.4, 0.5) is 0 Å². The first kappa shape index (κ1) is 7.55. The van der Waals surface area contributed by atoms with Gasteiger partial charge in [-0.05, 0) is 31.6 Å². The highest BCUT2D eigenvalue weighted by atomic mass is 16.3. The summed E-state index contributed by atoms with van der Waals surface area (Å²) in [5, 5.41) is 0. The van der Waals surface area contributed by atoms with Crippen LogP contribution in [0.5, 0.6) is 0 Å². The molecule has 1 aliphatic heterocycles. The first-order chi connectivity index (χ1) is 5.88. The molecule has 0 radical (unpaired) electrons. The van der Waals surface area contributed by atoms with Crippen molar-refractivity contribution in [2.75, 3.05) is 13.1 Å². The molecule has 1 aliphatic rings. The summed E-state index contributed by atoms with van der Waals surface area (Å²) in [5.74, 6) is 1.31. The molecular weight excluding hydrogens is 154 g/mol. The Kier molecular flexibility index (Phi) is 1.96. The number of rotatable bonds is 3. The Bertz CT molecular complexity index is 276. The maximum Gasteiger partial charge on any atom is 0.185 e. The average Bonchev–Trinajstić information content (AvgIpc) is 2.44. The largest absolute Gasteiger partial charge is 0.457 e. The second-order valence-corrected chi connectivity index (χ2v) is 3.05. The number of carbonyl (C=O) groups is 1. The van der Waals surface area contributed by atoms with Crippen molar-refractivity contribution in [1.82, 2.24) is 4.90 Å². The zero-order valence-corrected chi connectivity index (χ0v) is 6.82. The van der Waals surface area contributed by atoms with Crippen LogP contribution in [0.25, 0.3) is 0 Å². The fraction of sp³-hybridized carbons (Fsp3) is 0.444. The maximum atomic E-state index is 10.3. The first-order valence-corrected chi connectivity index (χ1v) is 4.15. The lowest BCUT2D eigenvalue weighted by Gasteiger charge is -2.29. The number of hydrogen-bond donors (Lipinski definition) is 0. The summed E-state index contributed by atoms with van der Waals surface area (Å²) in [4.78, 5) is 12.6. The summed E-state index contributed by atoms with van der Waals surface area (Å²) in [6.07, 6.45) is 2.01. The second-order valence-electron chi connectivity index (χ2n) is 3.05. The van der Waals surface area contributed by atoms with E-state index in [9.17, 15) is 4.79 Å². The second kappa shape index (κ2) is 3.11. The van der Waals surface area contributed by atoms with Crippen LogP contribution < -0.4 is 0 Å². The smallest absolute Gasteiger partial charge is 0.185 e. The van der Waals surface area contributed by atoms with Gasteiger partial charge in [-0.25, -0.2) is 0 Å². The van der Waals surface area contributed by atoms with E-state index in [0.717, 1.165) is 31.7 Å². The lowest BCUT2D eigenvalue weighted by molar-refractivity contribution is 0.109. The minimum atomic E-state index is 0.422. The third-order valence-electron chi connectivity index (χ3n) is 2.13. The van der Waals surface area contributed by atoms with Crippen molar-refractivity contribution in [3.63, 3.8) is 0 Å². The lowest BCUT2D eigenvalue weighted by atomic mass is 10.2. The molecule has 1 aromatic rings. The van der Waals surface area contributed by atoms with Crippen LogP contribution in [0, 0.1) is 0 Å². The number of nitrogens with zero attached hydrogens (tertiary/aromatic N) is 1. The van der Waals surface area contributed by atoms with Crippen molar-refractivity contribution in [2.45, 2.75) is 13.0 Å². The van der Waals surface area contributed by atoms with Crippen LogP contribution in [-0.2, 0) is 6.54 Å². The van der Waals surface area contributed by atoms with E-state index in [1.165, 1.54) is 6.42 Å². The monoisotopic (exact) mass is 165 g/mol. The minimum Gasteiger partial charge on any atom is -0.457 e. The topological polar surface area (TPSA) is 33.5 Å². The maximum absolute atomic E-state index is 10.3. The molecule has 0 unspecified atom stereocenters. The lowest BCUT2D eigenvalue weighted by Crippen LogP contribution is -2.36. The van der Waals surface area contributed by atoms with Crippen LogP contribution in [0.1, 0.15) is 22.7 Å². The Morgan fingerprint density at radius 3 is 2.83 bits per heavy atom. The SMILES string of the molecule is O=Cc1ccc(CN2CCC2)o1. The molecule has 0 atom stereocenters. The van der Waals surface area contributed by atoms with Gasteiger partial charge in [0.05, 0.1) is 6.54 Å². The molecule has 64 valence electrons. The van der Waals surface area contributed by atoms with E-state index in [2.05, 4.69) is 4.90 Å². The van der Waals surface area contributed by atoms with Crippen LogP contribution in [0.3, 0.4) is 0 Å². The summed E-state index contributed by atoms with van der Waals surface area (Å²) in [6.45, 7) is 3.14. The zero-order valence-electron chi connectivity index (χ0n) is 6.82. The molecule has 0 amide bonds. The molecule has 12 heavy (non-hydrogen) atoms. The number of aldehydes is 1. The van der Waals surface area contributed by atoms with Crippen molar-refractivity contribution < 1.29 is 9.21 Å². The van der Waals surface area contributed by atoms with Crippen molar-refractivity contribution >= 4 is 6.29 Å². The van der Waals surface area contributed by atoms with Crippen molar-refractivity contribution in [3.05, 3.63) is 23.7 Å². The van der Waals surface area contributed by atoms with Gasteiger partial charge in [0.25, 0.3) is 0 Å². The van der Waals surface area contributed by atoms with Gasteiger partial charge in [-0.2, -0.15) is 0 Å². The molecule has 0 bridgehead atoms. The molecule has 0 spiro atoms. The number of hydrogen-bond acceptors (Lipinski definition) is 3. The van der Waals surface area contributed by atoms with E-state index < -0.39 is 0 Å². The Morgan fingerprint density at radius 2 is 2.33 bits per heavy atom. The van der Waals surface area contributed by atoms with Crippen LogP contribution >= 0.6 is 0 Å². The van der Waals surface area contributed by atoms with Crippen molar-refractivity contribution in [2.24, 2.45) is 0 Å². The summed E-state index contributed by atoms with van der Waals surface area (Å²) in [6, 6.07) is 3.57. The highest BCUT2D eigenvalue weighted by molar-refractivity contribution is 5.70. The van der Waals surface area contributed by atoms with Gasteiger partial charge >= 0.3 is 0 Å². The standard InChI is InChI=1S/C9H11NO2/c11-7-9-3-2-8(12-9)6-10-4-1-5-10/h2-3,7H,1,4-6H2. The van der Waals surface area contributed by atoms with E-state index in [1.807, 2.05) is 6.07 Å².